The van der Waals surface area contributed by atoms with E-state index in [1.54, 1.807) is 0 Å². The minimum atomic E-state index is -3.90. The summed E-state index contributed by atoms with van der Waals surface area (Å²) in [7, 11) is -1.76. The first-order valence-electron chi connectivity index (χ1n) is 6.78. The van der Waals surface area contributed by atoms with Gasteiger partial charge in [-0.25, -0.2) is 0 Å². The Hall–Kier alpha value is -1.73. The van der Waals surface area contributed by atoms with E-state index >= 15 is 0 Å². The normalized spacial score (nSPS) is 12.6. The van der Waals surface area contributed by atoms with Gasteiger partial charge in [0.2, 0.25) is 0 Å². The summed E-state index contributed by atoms with van der Waals surface area (Å²) in [5.74, 6) is -3.84. The first-order chi connectivity index (χ1) is 10.9. The Bertz CT molecular complexity index is 556. The Morgan fingerprint density at radius 2 is 1.83 bits per heavy atom. The van der Waals surface area contributed by atoms with Crippen molar-refractivity contribution in [1.82, 2.24) is 5.32 Å². The molecular weight excluding hydrogens is 325 g/mol. The van der Waals surface area contributed by atoms with E-state index in [0.717, 1.165) is 19.8 Å². The van der Waals surface area contributed by atoms with Crippen LogP contribution in [0.5, 0.6) is 0 Å². The molecule has 128 valence electrons. The van der Waals surface area contributed by atoms with E-state index < -0.39 is 25.3 Å². The van der Waals surface area contributed by atoms with Crippen molar-refractivity contribution < 1.29 is 33.0 Å². The van der Waals surface area contributed by atoms with Gasteiger partial charge in [-0.05, 0) is 5.56 Å². The van der Waals surface area contributed by atoms with E-state index in [4.69, 9.17) is 4.74 Å². The van der Waals surface area contributed by atoms with Crippen molar-refractivity contribution in [2.75, 3.05) is 20.8 Å². The number of benzene rings is 1. The van der Waals surface area contributed by atoms with Crippen molar-refractivity contribution in [3.8, 4) is 0 Å². The van der Waals surface area contributed by atoms with Crippen LogP contribution in [0.2, 0.25) is 0 Å². The molecule has 23 heavy (non-hydrogen) atoms. The summed E-state index contributed by atoms with van der Waals surface area (Å²) in [6, 6.07) is 9.11. The highest BCUT2D eigenvalue weighted by Crippen LogP contribution is 2.50. The van der Waals surface area contributed by atoms with Gasteiger partial charge in [0.25, 0.3) is 0 Å². The van der Waals surface area contributed by atoms with Gasteiger partial charge in [0.15, 0.2) is 5.78 Å². The molecule has 0 saturated heterocycles. The second-order valence-corrected chi connectivity index (χ2v) is 6.80. The molecule has 0 saturated carbocycles. The van der Waals surface area contributed by atoms with Crippen LogP contribution >= 0.6 is 7.60 Å². The summed E-state index contributed by atoms with van der Waals surface area (Å²) in [5, 5.41) is 13.4. The zero-order valence-electron chi connectivity index (χ0n) is 12.9. The number of ether oxygens (including phenoxy) is 1. The molecule has 1 aromatic carbocycles. The molecule has 0 aliphatic heterocycles. The quantitative estimate of drug-likeness (QED) is 0.475. The Kier molecular flexibility index (Phi) is 7.91. The highest BCUT2D eigenvalue weighted by atomic mass is 31.2. The van der Waals surface area contributed by atoms with Crippen LogP contribution in [-0.2, 0) is 34.5 Å². The summed E-state index contributed by atoms with van der Waals surface area (Å²) in [5.41, 5.74) is 0.838. The number of carbonyl (C=O) groups is 2. The van der Waals surface area contributed by atoms with E-state index in [-0.39, 0.29) is 19.6 Å². The number of rotatable bonds is 10. The average molecular weight is 344 g/mol. The van der Waals surface area contributed by atoms with E-state index in [9.17, 15) is 19.3 Å². The SMILES string of the molecule is COP(=O)(OC)C(NCCC(=O)OCc1ccccc1)C(=O)[O-]. The maximum absolute atomic E-state index is 12.0. The molecule has 1 atom stereocenters. The maximum atomic E-state index is 12.0. The number of carboxylic acids is 1. The number of esters is 1. The van der Waals surface area contributed by atoms with Crippen LogP contribution in [0.4, 0.5) is 0 Å². The zero-order chi connectivity index (χ0) is 17.3. The predicted octanol–water partition coefficient (Wildman–Crippen LogP) is 0.271. The van der Waals surface area contributed by atoms with Crippen LogP contribution in [0.25, 0.3) is 0 Å². The summed E-state index contributed by atoms with van der Waals surface area (Å²) in [6.07, 6.45) is -0.107. The third kappa shape index (κ3) is 6.11. The van der Waals surface area contributed by atoms with Gasteiger partial charge in [-0.2, -0.15) is 0 Å². The van der Waals surface area contributed by atoms with Crippen LogP contribution in [0.1, 0.15) is 12.0 Å². The van der Waals surface area contributed by atoms with Gasteiger partial charge in [-0.1, -0.05) is 30.3 Å². The molecule has 0 heterocycles. The second kappa shape index (κ2) is 9.42. The second-order valence-electron chi connectivity index (χ2n) is 4.48. The molecule has 1 aromatic rings. The molecule has 1 rings (SSSR count). The molecule has 1 N–H and O–H groups in total. The van der Waals surface area contributed by atoms with Gasteiger partial charge < -0.3 is 23.7 Å². The number of aliphatic carboxylic acids is 1. The van der Waals surface area contributed by atoms with E-state index in [1.807, 2.05) is 30.3 Å². The standard InChI is InChI=1S/C14H20NO7P/c1-20-23(19,21-2)13(14(17)18)15-9-8-12(16)22-10-11-6-4-3-5-7-11/h3-7,13,15H,8-10H2,1-2H3,(H,17,18)/p-1. The van der Waals surface area contributed by atoms with Crippen LogP contribution in [-0.4, -0.2) is 38.5 Å². The lowest BCUT2D eigenvalue weighted by Gasteiger charge is -2.25. The number of hydrogen-bond acceptors (Lipinski definition) is 8. The first-order valence-corrected chi connectivity index (χ1v) is 8.39. The summed E-state index contributed by atoms with van der Waals surface area (Å²) in [6.45, 7) is 0.0429. The molecule has 0 amide bonds. The van der Waals surface area contributed by atoms with Crippen LogP contribution < -0.4 is 10.4 Å². The van der Waals surface area contributed by atoms with Crippen molar-refractivity contribution >= 4 is 19.5 Å². The van der Waals surface area contributed by atoms with Crippen molar-refractivity contribution in [2.24, 2.45) is 0 Å². The lowest BCUT2D eigenvalue weighted by Crippen LogP contribution is -2.46. The fraction of sp³-hybridized carbons (Fsp3) is 0.429. The minimum Gasteiger partial charge on any atom is -0.548 e. The number of carbonyl (C=O) groups excluding carboxylic acids is 2. The van der Waals surface area contributed by atoms with Crippen LogP contribution in [0.15, 0.2) is 30.3 Å². The van der Waals surface area contributed by atoms with Gasteiger partial charge in [-0.15, -0.1) is 0 Å². The Morgan fingerprint density at radius 3 is 2.35 bits per heavy atom. The number of hydrogen-bond donors (Lipinski definition) is 1. The number of nitrogens with one attached hydrogen (secondary N) is 1. The van der Waals surface area contributed by atoms with E-state index in [0.29, 0.717) is 0 Å². The van der Waals surface area contributed by atoms with E-state index in [1.165, 1.54) is 0 Å². The topological polar surface area (TPSA) is 114 Å². The molecular formula is C14H19NO7P-. The fourth-order valence-corrected chi connectivity index (χ4v) is 2.91. The lowest BCUT2D eigenvalue weighted by molar-refractivity contribution is -0.306. The molecule has 0 bridgehead atoms. The first kappa shape index (κ1) is 19.3. The van der Waals surface area contributed by atoms with E-state index in [2.05, 4.69) is 14.4 Å². The van der Waals surface area contributed by atoms with Gasteiger partial charge >= 0.3 is 13.6 Å². The van der Waals surface area contributed by atoms with Gasteiger partial charge in [0.1, 0.15) is 6.61 Å². The van der Waals surface area contributed by atoms with Crippen molar-refractivity contribution in [3.63, 3.8) is 0 Å². The zero-order valence-corrected chi connectivity index (χ0v) is 13.8. The van der Waals surface area contributed by atoms with Crippen molar-refractivity contribution in [3.05, 3.63) is 35.9 Å². The molecule has 1 unspecified atom stereocenters. The fourth-order valence-electron chi connectivity index (χ4n) is 1.73. The molecule has 0 radical (unpaired) electrons. The Balaban J connectivity index is 2.43. The Morgan fingerprint density at radius 1 is 1.22 bits per heavy atom. The van der Waals surface area contributed by atoms with Gasteiger partial charge in [0.05, 0.1) is 12.4 Å². The molecule has 0 spiro atoms. The molecule has 0 aliphatic rings. The Labute approximate surface area is 134 Å². The maximum Gasteiger partial charge on any atom is 0.352 e. The number of carboxylic acid groups (broad SMARTS) is 1. The average Bonchev–Trinajstić information content (AvgIpc) is 2.56. The lowest BCUT2D eigenvalue weighted by atomic mass is 10.2. The molecule has 9 heteroatoms. The minimum absolute atomic E-state index is 0.0804. The summed E-state index contributed by atoms with van der Waals surface area (Å²) < 4.78 is 26.3. The molecule has 0 aliphatic carbocycles. The largest absolute Gasteiger partial charge is 0.548 e. The monoisotopic (exact) mass is 344 g/mol. The highest BCUT2D eigenvalue weighted by Gasteiger charge is 2.34. The van der Waals surface area contributed by atoms with Crippen molar-refractivity contribution in [2.45, 2.75) is 18.8 Å². The van der Waals surface area contributed by atoms with Gasteiger partial charge in [-0.3, -0.25) is 14.7 Å². The molecule has 8 nitrogen and oxygen atoms in total. The van der Waals surface area contributed by atoms with Crippen LogP contribution in [0, 0.1) is 0 Å². The highest BCUT2D eigenvalue weighted by molar-refractivity contribution is 7.55. The van der Waals surface area contributed by atoms with Crippen LogP contribution in [0.3, 0.4) is 0 Å². The van der Waals surface area contributed by atoms with Gasteiger partial charge in [0, 0.05) is 20.8 Å². The summed E-state index contributed by atoms with van der Waals surface area (Å²) in [4.78, 5) is 22.6. The molecule has 0 aromatic heterocycles. The predicted molar refractivity (Wildman–Crippen MR) is 79.3 cm³/mol. The smallest absolute Gasteiger partial charge is 0.352 e. The summed E-state index contributed by atoms with van der Waals surface area (Å²) >= 11 is 0. The third-order valence-corrected chi connectivity index (χ3v) is 5.00. The third-order valence-electron chi connectivity index (χ3n) is 2.96. The van der Waals surface area contributed by atoms with Crippen molar-refractivity contribution in [1.29, 1.82) is 0 Å². The molecule has 0 fully saturated rings.